The van der Waals surface area contributed by atoms with Crippen molar-refractivity contribution in [1.29, 1.82) is 0 Å². The van der Waals surface area contributed by atoms with E-state index >= 15 is 0 Å². The summed E-state index contributed by atoms with van der Waals surface area (Å²) in [7, 11) is 0. The number of rotatable bonds is 10. The number of benzene rings is 1. The van der Waals surface area contributed by atoms with Crippen LogP contribution in [0.2, 0.25) is 0 Å². The van der Waals surface area contributed by atoms with Gasteiger partial charge in [-0.2, -0.15) is 0 Å². The molecule has 9 heteroatoms. The summed E-state index contributed by atoms with van der Waals surface area (Å²) in [5.41, 5.74) is 6.43. The van der Waals surface area contributed by atoms with Crippen molar-refractivity contribution in [3.8, 4) is 0 Å². The number of morpholine rings is 1. The van der Waals surface area contributed by atoms with Gasteiger partial charge in [-0.25, -0.2) is 4.39 Å². The molecular weight excluding hydrogens is 512 g/mol. The Morgan fingerprint density at radius 2 is 2.03 bits per heavy atom. The molecule has 1 amide bonds. The number of halogens is 2. The molecule has 0 aliphatic carbocycles. The highest BCUT2D eigenvalue weighted by molar-refractivity contribution is 14.0. The maximum atomic E-state index is 13.1. The highest BCUT2D eigenvalue weighted by Gasteiger charge is 2.21. The monoisotopic (exact) mass is 549 g/mol. The second-order valence-electron chi connectivity index (χ2n) is 8.18. The normalized spacial score (nSPS) is 18.4. The van der Waals surface area contributed by atoms with E-state index in [9.17, 15) is 9.18 Å². The molecule has 0 aromatic heterocycles. The summed E-state index contributed by atoms with van der Waals surface area (Å²) in [6.45, 7) is 11.7. The molecule has 176 valence electrons. The zero-order chi connectivity index (χ0) is 21.9. The van der Waals surface area contributed by atoms with Crippen LogP contribution in [-0.2, 0) is 16.0 Å². The average molecular weight is 549 g/mol. The molecule has 2 rings (SSSR count). The number of nitrogens with two attached hydrogens (primary N) is 1. The fraction of sp³-hybridized carbons (Fsp3) is 0.636. The van der Waals surface area contributed by atoms with Gasteiger partial charge in [0, 0.05) is 32.7 Å². The average Bonchev–Trinajstić information content (AvgIpc) is 2.70. The molecule has 1 aliphatic heterocycles. The lowest BCUT2D eigenvalue weighted by Crippen LogP contribution is -2.50. The molecule has 0 saturated carbocycles. The first kappa shape index (κ1) is 27.6. The van der Waals surface area contributed by atoms with E-state index in [1.807, 2.05) is 6.92 Å². The van der Waals surface area contributed by atoms with Crippen LogP contribution in [0.4, 0.5) is 4.39 Å². The summed E-state index contributed by atoms with van der Waals surface area (Å²) < 4.78 is 19.0. The minimum Gasteiger partial charge on any atom is -0.374 e. The molecule has 2 unspecified atom stereocenters. The van der Waals surface area contributed by atoms with Gasteiger partial charge < -0.3 is 21.1 Å². The minimum atomic E-state index is -0.460. The van der Waals surface area contributed by atoms with Crippen molar-refractivity contribution in [2.75, 3.05) is 45.9 Å². The lowest BCUT2D eigenvalue weighted by atomic mass is 9.99. The predicted octanol–water partition coefficient (Wildman–Crippen LogP) is 2.00. The topological polar surface area (TPSA) is 92.0 Å². The lowest BCUT2D eigenvalue weighted by molar-refractivity contribution is -0.121. The fourth-order valence-electron chi connectivity index (χ4n) is 3.50. The number of nitrogens with one attached hydrogen (secondary N) is 2. The summed E-state index contributed by atoms with van der Waals surface area (Å²) in [5, 5.41) is 6.51. The van der Waals surface area contributed by atoms with Crippen LogP contribution < -0.4 is 16.4 Å². The number of primary amides is 1. The summed E-state index contributed by atoms with van der Waals surface area (Å²) >= 11 is 0. The van der Waals surface area contributed by atoms with Crippen LogP contribution in [0, 0.1) is 17.7 Å². The largest absolute Gasteiger partial charge is 0.374 e. The van der Waals surface area contributed by atoms with Crippen molar-refractivity contribution >= 4 is 35.8 Å². The molecule has 1 heterocycles. The van der Waals surface area contributed by atoms with E-state index < -0.39 is 11.8 Å². The third-order valence-electron chi connectivity index (χ3n) is 4.96. The highest BCUT2D eigenvalue weighted by Crippen LogP contribution is 2.11. The molecular formula is C22H37FIN5O2. The van der Waals surface area contributed by atoms with Crippen LogP contribution >= 0.6 is 24.0 Å². The minimum absolute atomic E-state index is 0. The Morgan fingerprint density at radius 1 is 1.32 bits per heavy atom. The third-order valence-corrected chi connectivity index (χ3v) is 4.96. The number of carbonyl (C=O) groups is 1. The molecule has 0 radical (unpaired) electrons. The van der Waals surface area contributed by atoms with E-state index in [4.69, 9.17) is 10.5 Å². The zero-order valence-corrected chi connectivity index (χ0v) is 21.1. The fourth-order valence-corrected chi connectivity index (χ4v) is 3.50. The smallest absolute Gasteiger partial charge is 0.222 e. The maximum Gasteiger partial charge on any atom is 0.222 e. The number of carbonyl (C=O) groups excluding carboxylic acids is 1. The van der Waals surface area contributed by atoms with E-state index in [1.165, 1.54) is 12.1 Å². The van der Waals surface area contributed by atoms with E-state index in [-0.39, 0.29) is 42.4 Å². The van der Waals surface area contributed by atoms with Gasteiger partial charge in [-0.15, -0.1) is 24.0 Å². The molecule has 1 aromatic rings. The Labute approximate surface area is 202 Å². The first-order chi connectivity index (χ1) is 14.4. The van der Waals surface area contributed by atoms with Crippen molar-refractivity contribution in [3.63, 3.8) is 0 Å². The molecule has 1 fully saturated rings. The van der Waals surface area contributed by atoms with Crippen molar-refractivity contribution in [2.45, 2.75) is 33.3 Å². The van der Waals surface area contributed by atoms with Gasteiger partial charge in [-0.3, -0.25) is 14.7 Å². The van der Waals surface area contributed by atoms with Crippen LogP contribution in [0.3, 0.4) is 0 Å². The van der Waals surface area contributed by atoms with Gasteiger partial charge >= 0.3 is 0 Å². The highest BCUT2D eigenvalue weighted by atomic mass is 127. The second-order valence-corrected chi connectivity index (χ2v) is 8.18. The Balaban J connectivity index is 0.00000480. The van der Waals surface area contributed by atoms with Gasteiger partial charge in [-0.05, 0) is 37.0 Å². The molecule has 1 aromatic carbocycles. The van der Waals surface area contributed by atoms with Gasteiger partial charge in [0.25, 0.3) is 0 Å². The maximum absolute atomic E-state index is 13.1. The van der Waals surface area contributed by atoms with E-state index in [0.29, 0.717) is 31.4 Å². The van der Waals surface area contributed by atoms with Crippen LogP contribution in [0.1, 0.15) is 26.3 Å². The van der Waals surface area contributed by atoms with Crippen molar-refractivity contribution in [3.05, 3.63) is 35.6 Å². The number of guanidine groups is 1. The van der Waals surface area contributed by atoms with Crippen molar-refractivity contribution in [1.82, 2.24) is 15.5 Å². The second kappa shape index (κ2) is 14.6. The lowest BCUT2D eigenvalue weighted by Gasteiger charge is -2.34. The SMILES string of the molecule is CCNC(=NCC(Cc1ccc(F)cc1)C(N)=O)NCC1CN(CC(C)C)CCO1.I. The number of ether oxygens (including phenoxy) is 1. The van der Waals surface area contributed by atoms with Gasteiger partial charge in [-0.1, -0.05) is 26.0 Å². The molecule has 1 saturated heterocycles. The Bertz CT molecular complexity index is 687. The summed E-state index contributed by atoms with van der Waals surface area (Å²) in [6, 6.07) is 6.10. The van der Waals surface area contributed by atoms with Gasteiger partial charge in [0.2, 0.25) is 5.91 Å². The number of hydrogen-bond acceptors (Lipinski definition) is 4. The summed E-state index contributed by atoms with van der Waals surface area (Å²) in [5.74, 6) is 0.0787. The van der Waals surface area contributed by atoms with E-state index in [0.717, 1.165) is 31.8 Å². The number of hydrogen-bond donors (Lipinski definition) is 3. The quantitative estimate of drug-likeness (QED) is 0.236. The molecule has 7 nitrogen and oxygen atoms in total. The van der Waals surface area contributed by atoms with Crippen LogP contribution in [0.5, 0.6) is 0 Å². The Hall–Kier alpha value is -1.46. The molecule has 4 N–H and O–H groups in total. The standard InChI is InChI=1S/C22H36FN5O2.HI/c1-4-25-22(27-13-20-15-28(9-10-30-20)14-16(2)3)26-12-18(21(24)29)11-17-5-7-19(23)8-6-17;/h5-8,16,18,20H,4,9-15H2,1-3H3,(H2,24,29)(H2,25,26,27);1H. The van der Waals surface area contributed by atoms with Crippen molar-refractivity contribution < 1.29 is 13.9 Å². The third kappa shape index (κ3) is 10.6. The van der Waals surface area contributed by atoms with Crippen LogP contribution in [-0.4, -0.2) is 68.7 Å². The van der Waals surface area contributed by atoms with Crippen LogP contribution in [0.25, 0.3) is 0 Å². The van der Waals surface area contributed by atoms with E-state index in [1.54, 1.807) is 12.1 Å². The molecule has 0 bridgehead atoms. The van der Waals surface area contributed by atoms with Gasteiger partial charge in [0.05, 0.1) is 25.2 Å². The van der Waals surface area contributed by atoms with Crippen LogP contribution in [0.15, 0.2) is 29.3 Å². The first-order valence-electron chi connectivity index (χ1n) is 10.8. The molecule has 0 spiro atoms. The Morgan fingerprint density at radius 3 is 2.65 bits per heavy atom. The van der Waals surface area contributed by atoms with Gasteiger partial charge in [0.1, 0.15) is 5.82 Å². The summed E-state index contributed by atoms with van der Waals surface area (Å²) in [4.78, 5) is 18.9. The van der Waals surface area contributed by atoms with Crippen molar-refractivity contribution in [2.24, 2.45) is 22.6 Å². The first-order valence-corrected chi connectivity index (χ1v) is 10.8. The van der Waals surface area contributed by atoms with E-state index in [2.05, 4.69) is 34.4 Å². The number of nitrogens with zero attached hydrogens (tertiary/aromatic N) is 2. The zero-order valence-electron chi connectivity index (χ0n) is 18.8. The summed E-state index contributed by atoms with van der Waals surface area (Å²) in [6.07, 6.45) is 0.515. The molecule has 1 aliphatic rings. The number of aliphatic imine (C=N–C) groups is 1. The van der Waals surface area contributed by atoms with Gasteiger partial charge in [0.15, 0.2) is 5.96 Å². The molecule has 31 heavy (non-hydrogen) atoms. The number of amides is 1. The predicted molar refractivity (Wildman–Crippen MR) is 133 cm³/mol. The molecule has 2 atom stereocenters. The Kier molecular flexibility index (Phi) is 13.0.